The molecule has 0 radical (unpaired) electrons. The molecule has 0 aromatic heterocycles. The van der Waals surface area contributed by atoms with Gasteiger partial charge in [-0.15, -0.1) is 0 Å². The van der Waals surface area contributed by atoms with Gasteiger partial charge in [-0.05, 0) is 43.5 Å². The Morgan fingerprint density at radius 1 is 1.33 bits per heavy atom. The highest BCUT2D eigenvalue weighted by atomic mass is 32.2. The number of carbonyl (C=O) groups excluding carboxylic acids is 1. The minimum atomic E-state index is -3.13. The van der Waals surface area contributed by atoms with Crippen molar-refractivity contribution in [3.63, 3.8) is 0 Å². The van der Waals surface area contributed by atoms with Gasteiger partial charge < -0.3 is 11.1 Å². The van der Waals surface area contributed by atoms with Crippen LogP contribution in [0.2, 0.25) is 0 Å². The number of benzene rings is 1. The number of nitrogens with two attached hydrogens (primary N) is 1. The summed E-state index contributed by atoms with van der Waals surface area (Å²) in [5, 5.41) is 2.95. The lowest BCUT2D eigenvalue weighted by Gasteiger charge is -2.30. The van der Waals surface area contributed by atoms with Gasteiger partial charge in [0.2, 0.25) is 10.0 Å². The second-order valence-corrected chi connectivity index (χ2v) is 7.46. The van der Waals surface area contributed by atoms with E-state index in [-0.39, 0.29) is 11.9 Å². The number of nitrogens with one attached hydrogen (secondary N) is 1. The number of sulfonamides is 1. The molecular weight excluding hydrogens is 290 g/mol. The Kier molecular flexibility index (Phi) is 4.53. The molecule has 1 aliphatic heterocycles. The third-order valence-corrected chi connectivity index (χ3v) is 5.09. The van der Waals surface area contributed by atoms with Gasteiger partial charge in [0.15, 0.2) is 0 Å². The first-order valence-electron chi connectivity index (χ1n) is 6.89. The van der Waals surface area contributed by atoms with Crippen LogP contribution in [-0.2, 0) is 10.0 Å². The first kappa shape index (κ1) is 15.8. The van der Waals surface area contributed by atoms with Gasteiger partial charge in [0.05, 0.1) is 6.26 Å². The number of rotatable bonds is 3. The average Bonchev–Trinajstić information content (AvgIpc) is 2.41. The van der Waals surface area contributed by atoms with E-state index in [0.29, 0.717) is 37.2 Å². The molecule has 0 unspecified atom stereocenters. The lowest BCUT2D eigenvalue weighted by molar-refractivity contribution is 0.0924. The van der Waals surface area contributed by atoms with E-state index in [4.69, 9.17) is 5.73 Å². The summed E-state index contributed by atoms with van der Waals surface area (Å²) in [5.74, 6) is -0.143. The van der Waals surface area contributed by atoms with Crippen LogP contribution in [0.1, 0.15) is 28.8 Å². The van der Waals surface area contributed by atoms with Crippen molar-refractivity contribution < 1.29 is 13.2 Å². The molecule has 1 aromatic carbocycles. The lowest BCUT2D eigenvalue weighted by Crippen LogP contribution is -2.46. The fourth-order valence-electron chi connectivity index (χ4n) is 2.42. The molecule has 3 N–H and O–H groups in total. The number of nitrogens with zero attached hydrogens (tertiary/aromatic N) is 1. The molecule has 1 aromatic rings. The first-order chi connectivity index (χ1) is 9.77. The van der Waals surface area contributed by atoms with Crippen molar-refractivity contribution >= 4 is 21.6 Å². The zero-order valence-electron chi connectivity index (χ0n) is 12.3. The average molecular weight is 311 g/mol. The first-order valence-corrected chi connectivity index (χ1v) is 8.74. The molecule has 116 valence electrons. The maximum atomic E-state index is 12.2. The lowest BCUT2D eigenvalue weighted by atomic mass is 10.0. The second kappa shape index (κ2) is 6.03. The van der Waals surface area contributed by atoms with Crippen LogP contribution in [0.15, 0.2) is 18.2 Å². The number of amides is 1. The Morgan fingerprint density at radius 2 is 1.95 bits per heavy atom. The number of hydrogen-bond acceptors (Lipinski definition) is 4. The molecular formula is C14H21N3O3S. The normalized spacial score (nSPS) is 17.6. The predicted octanol–water partition coefficient (Wildman–Crippen LogP) is 0.731. The Bertz CT molecular complexity index is 635. The highest BCUT2D eigenvalue weighted by Gasteiger charge is 2.25. The van der Waals surface area contributed by atoms with Gasteiger partial charge in [-0.25, -0.2) is 12.7 Å². The Balaban J connectivity index is 1.94. The third-order valence-electron chi connectivity index (χ3n) is 3.79. The van der Waals surface area contributed by atoms with Crippen molar-refractivity contribution in [3.8, 4) is 0 Å². The summed E-state index contributed by atoms with van der Waals surface area (Å²) in [7, 11) is -3.13. The van der Waals surface area contributed by atoms with Crippen molar-refractivity contribution in [1.82, 2.24) is 9.62 Å². The second-order valence-electron chi connectivity index (χ2n) is 5.48. The highest BCUT2D eigenvalue weighted by Crippen LogP contribution is 2.16. The molecule has 0 saturated carbocycles. The Hall–Kier alpha value is -1.60. The summed E-state index contributed by atoms with van der Waals surface area (Å²) in [5.41, 5.74) is 7.84. The Labute approximate surface area is 125 Å². The van der Waals surface area contributed by atoms with Crippen molar-refractivity contribution in [3.05, 3.63) is 29.3 Å². The van der Waals surface area contributed by atoms with Gasteiger partial charge >= 0.3 is 0 Å². The van der Waals surface area contributed by atoms with E-state index in [0.717, 1.165) is 5.56 Å². The summed E-state index contributed by atoms with van der Waals surface area (Å²) in [6, 6.07) is 5.18. The molecule has 1 aliphatic rings. The van der Waals surface area contributed by atoms with E-state index in [9.17, 15) is 13.2 Å². The van der Waals surface area contributed by atoms with Crippen molar-refractivity contribution in [1.29, 1.82) is 0 Å². The van der Waals surface area contributed by atoms with E-state index >= 15 is 0 Å². The van der Waals surface area contributed by atoms with Crippen LogP contribution in [-0.4, -0.2) is 44.0 Å². The molecule has 0 bridgehead atoms. The van der Waals surface area contributed by atoms with E-state index < -0.39 is 10.0 Å². The molecule has 1 saturated heterocycles. The number of hydrogen-bond donors (Lipinski definition) is 2. The third kappa shape index (κ3) is 3.95. The summed E-state index contributed by atoms with van der Waals surface area (Å²) in [6.07, 6.45) is 2.47. The SMILES string of the molecule is Cc1cc(C(=O)NC2CCN(S(C)(=O)=O)CC2)ccc1N. The van der Waals surface area contributed by atoms with Gasteiger partial charge in [-0.1, -0.05) is 0 Å². The van der Waals surface area contributed by atoms with Crippen LogP contribution in [0.3, 0.4) is 0 Å². The number of carbonyl (C=O) groups is 1. The van der Waals surface area contributed by atoms with Gasteiger partial charge in [-0.3, -0.25) is 4.79 Å². The minimum Gasteiger partial charge on any atom is -0.399 e. The van der Waals surface area contributed by atoms with Crippen molar-refractivity contribution in [2.45, 2.75) is 25.8 Å². The molecule has 21 heavy (non-hydrogen) atoms. The largest absolute Gasteiger partial charge is 0.399 e. The van der Waals surface area contributed by atoms with Gasteiger partial charge in [-0.2, -0.15) is 0 Å². The zero-order valence-corrected chi connectivity index (χ0v) is 13.1. The standard InChI is InChI=1S/C14H21N3O3S/c1-10-9-11(3-4-13(10)15)14(18)16-12-5-7-17(8-6-12)21(2,19)20/h3-4,9,12H,5-8,15H2,1-2H3,(H,16,18). The molecule has 0 aliphatic carbocycles. The summed E-state index contributed by atoms with van der Waals surface area (Å²) in [4.78, 5) is 12.2. The van der Waals surface area contributed by atoms with Gasteiger partial charge in [0.1, 0.15) is 0 Å². The summed E-state index contributed by atoms with van der Waals surface area (Å²) in [6.45, 7) is 2.76. The van der Waals surface area contributed by atoms with E-state index in [1.54, 1.807) is 18.2 Å². The quantitative estimate of drug-likeness (QED) is 0.805. The fourth-order valence-corrected chi connectivity index (χ4v) is 3.29. The van der Waals surface area contributed by atoms with Crippen LogP contribution in [0.4, 0.5) is 5.69 Å². The van der Waals surface area contributed by atoms with Crippen molar-refractivity contribution in [2.24, 2.45) is 0 Å². The van der Waals surface area contributed by atoms with Gasteiger partial charge in [0, 0.05) is 30.4 Å². The predicted molar refractivity (Wildman–Crippen MR) is 82.5 cm³/mol. The van der Waals surface area contributed by atoms with E-state index in [1.165, 1.54) is 10.6 Å². The van der Waals surface area contributed by atoms with Crippen LogP contribution in [0.25, 0.3) is 0 Å². The zero-order chi connectivity index (χ0) is 15.6. The van der Waals surface area contributed by atoms with Crippen LogP contribution in [0.5, 0.6) is 0 Å². The van der Waals surface area contributed by atoms with Crippen molar-refractivity contribution in [2.75, 3.05) is 25.1 Å². The summed E-state index contributed by atoms with van der Waals surface area (Å²) < 4.78 is 24.3. The fraction of sp³-hybridized carbons (Fsp3) is 0.500. The van der Waals surface area contributed by atoms with Crippen LogP contribution in [0, 0.1) is 6.92 Å². The number of anilines is 1. The van der Waals surface area contributed by atoms with E-state index in [2.05, 4.69) is 5.32 Å². The van der Waals surface area contributed by atoms with Crippen LogP contribution >= 0.6 is 0 Å². The number of aryl methyl sites for hydroxylation is 1. The molecule has 6 nitrogen and oxygen atoms in total. The van der Waals surface area contributed by atoms with E-state index in [1.807, 2.05) is 6.92 Å². The minimum absolute atomic E-state index is 0.00774. The van der Waals surface area contributed by atoms with Crippen LogP contribution < -0.4 is 11.1 Å². The molecule has 1 fully saturated rings. The molecule has 1 heterocycles. The maximum Gasteiger partial charge on any atom is 0.251 e. The molecule has 2 rings (SSSR count). The highest BCUT2D eigenvalue weighted by molar-refractivity contribution is 7.88. The number of nitrogen functional groups attached to an aromatic ring is 1. The molecule has 1 amide bonds. The molecule has 0 atom stereocenters. The molecule has 7 heteroatoms. The topological polar surface area (TPSA) is 92.5 Å². The smallest absolute Gasteiger partial charge is 0.251 e. The monoisotopic (exact) mass is 311 g/mol. The molecule has 0 spiro atoms. The van der Waals surface area contributed by atoms with Gasteiger partial charge in [0.25, 0.3) is 5.91 Å². The Morgan fingerprint density at radius 3 is 2.48 bits per heavy atom. The number of piperidine rings is 1. The summed E-state index contributed by atoms with van der Waals surface area (Å²) >= 11 is 0. The maximum absolute atomic E-state index is 12.2.